The minimum atomic E-state index is 0.760. The zero-order chi connectivity index (χ0) is 13.2. The topological polar surface area (TPSA) is 14.2 Å². The molecule has 0 aliphatic carbocycles. The van der Waals surface area contributed by atoms with Crippen molar-refractivity contribution in [3.8, 4) is 5.75 Å². The third kappa shape index (κ3) is 2.32. The number of aromatic nitrogens is 1. The number of halogens is 1. The first-order valence-corrected chi connectivity index (χ1v) is 6.52. The van der Waals surface area contributed by atoms with Crippen LogP contribution in [-0.4, -0.2) is 11.7 Å². The summed E-state index contributed by atoms with van der Waals surface area (Å²) in [6, 6.07) is 18.3. The van der Waals surface area contributed by atoms with Crippen LogP contribution in [0.5, 0.6) is 5.75 Å². The summed E-state index contributed by atoms with van der Waals surface area (Å²) in [4.78, 5) is 0. The Hall–Kier alpha value is -1.93. The van der Waals surface area contributed by atoms with Gasteiger partial charge in [-0.15, -0.1) is 0 Å². The Morgan fingerprint density at radius 2 is 1.79 bits per heavy atom. The second-order valence-electron chi connectivity index (χ2n) is 4.46. The second kappa shape index (κ2) is 4.98. The Kier molecular flexibility index (Phi) is 3.18. The van der Waals surface area contributed by atoms with Crippen LogP contribution in [0.4, 0.5) is 0 Å². The molecule has 96 valence electrons. The number of hydrogen-bond acceptors (Lipinski definition) is 1. The van der Waals surface area contributed by atoms with Crippen LogP contribution < -0.4 is 4.74 Å². The molecule has 0 saturated heterocycles. The molecule has 0 fully saturated rings. The molecule has 0 aliphatic rings. The second-order valence-corrected chi connectivity index (χ2v) is 4.85. The van der Waals surface area contributed by atoms with Gasteiger partial charge in [-0.2, -0.15) is 0 Å². The Bertz CT molecular complexity index is 700. The molecule has 3 rings (SSSR count). The molecule has 0 unspecified atom stereocenters. The lowest BCUT2D eigenvalue weighted by atomic mass is 10.2. The van der Waals surface area contributed by atoms with Gasteiger partial charge < -0.3 is 9.30 Å². The van der Waals surface area contributed by atoms with E-state index < -0.39 is 0 Å². The monoisotopic (exact) mass is 271 g/mol. The molecule has 0 saturated carbocycles. The molecule has 3 heteroatoms. The molecule has 0 atom stereocenters. The van der Waals surface area contributed by atoms with Crippen LogP contribution in [0.1, 0.15) is 5.56 Å². The van der Waals surface area contributed by atoms with Gasteiger partial charge in [0.05, 0.1) is 7.11 Å². The maximum atomic E-state index is 6.31. The SMILES string of the molecule is COc1ccc(Cn2c(Cl)cc3ccccc32)cc1. The zero-order valence-electron chi connectivity index (χ0n) is 10.6. The predicted molar refractivity (Wildman–Crippen MR) is 79.0 cm³/mol. The van der Waals surface area contributed by atoms with Gasteiger partial charge in [-0.05, 0) is 29.8 Å². The zero-order valence-corrected chi connectivity index (χ0v) is 11.4. The first kappa shape index (κ1) is 12.1. The number of ether oxygens (including phenoxy) is 1. The third-order valence-corrected chi connectivity index (χ3v) is 3.57. The fourth-order valence-corrected chi connectivity index (χ4v) is 2.52. The van der Waals surface area contributed by atoms with Crippen LogP contribution in [0.2, 0.25) is 5.15 Å². The van der Waals surface area contributed by atoms with Crippen molar-refractivity contribution in [2.75, 3.05) is 7.11 Å². The minimum absolute atomic E-state index is 0.760. The molecule has 2 nitrogen and oxygen atoms in total. The predicted octanol–water partition coefficient (Wildman–Crippen LogP) is 4.35. The smallest absolute Gasteiger partial charge is 0.118 e. The van der Waals surface area contributed by atoms with Crippen molar-refractivity contribution in [3.05, 3.63) is 65.3 Å². The summed E-state index contributed by atoms with van der Waals surface area (Å²) in [5.41, 5.74) is 2.35. The quantitative estimate of drug-likeness (QED) is 0.691. The first-order valence-electron chi connectivity index (χ1n) is 6.14. The summed E-state index contributed by atoms with van der Waals surface area (Å²) in [7, 11) is 1.67. The lowest BCUT2D eigenvalue weighted by molar-refractivity contribution is 0.414. The van der Waals surface area contributed by atoms with Gasteiger partial charge in [0.2, 0.25) is 0 Å². The first-order chi connectivity index (χ1) is 9.28. The van der Waals surface area contributed by atoms with Crippen molar-refractivity contribution < 1.29 is 4.74 Å². The average Bonchev–Trinajstić information content (AvgIpc) is 2.76. The van der Waals surface area contributed by atoms with Crippen LogP contribution in [0.3, 0.4) is 0 Å². The van der Waals surface area contributed by atoms with Crippen molar-refractivity contribution >= 4 is 22.5 Å². The molecule has 2 aromatic carbocycles. The highest BCUT2D eigenvalue weighted by Gasteiger charge is 2.06. The number of methoxy groups -OCH3 is 1. The van der Waals surface area contributed by atoms with E-state index in [-0.39, 0.29) is 0 Å². The molecule has 3 aromatic rings. The van der Waals surface area contributed by atoms with Crippen LogP contribution in [-0.2, 0) is 6.54 Å². The average molecular weight is 272 g/mol. The van der Waals surface area contributed by atoms with E-state index in [9.17, 15) is 0 Å². The number of hydrogen-bond donors (Lipinski definition) is 0. The summed E-state index contributed by atoms with van der Waals surface area (Å²) >= 11 is 6.31. The number of rotatable bonds is 3. The van der Waals surface area contributed by atoms with Gasteiger partial charge in [0.1, 0.15) is 10.9 Å². The van der Waals surface area contributed by atoms with Crippen LogP contribution in [0.15, 0.2) is 54.6 Å². The maximum absolute atomic E-state index is 6.31. The molecular formula is C16H14ClNO. The Morgan fingerprint density at radius 1 is 1.05 bits per heavy atom. The standard InChI is InChI=1S/C16H14ClNO/c1-19-14-8-6-12(7-9-14)11-18-15-5-3-2-4-13(15)10-16(18)17/h2-10H,11H2,1H3. The van der Waals surface area contributed by atoms with Gasteiger partial charge in [-0.3, -0.25) is 0 Å². The van der Waals surface area contributed by atoms with Gasteiger partial charge in [0, 0.05) is 17.4 Å². The minimum Gasteiger partial charge on any atom is -0.497 e. The number of benzene rings is 2. The number of fused-ring (bicyclic) bond motifs is 1. The van der Waals surface area contributed by atoms with Gasteiger partial charge in [0.25, 0.3) is 0 Å². The van der Waals surface area contributed by atoms with E-state index in [1.54, 1.807) is 7.11 Å². The third-order valence-electron chi connectivity index (χ3n) is 3.26. The summed E-state index contributed by atoms with van der Waals surface area (Å²) in [5.74, 6) is 0.868. The van der Waals surface area contributed by atoms with Crippen molar-refractivity contribution in [2.24, 2.45) is 0 Å². The van der Waals surface area contributed by atoms with E-state index in [1.165, 1.54) is 10.9 Å². The van der Waals surface area contributed by atoms with E-state index in [0.29, 0.717) is 0 Å². The fraction of sp³-hybridized carbons (Fsp3) is 0.125. The van der Waals surface area contributed by atoms with E-state index in [0.717, 1.165) is 23.0 Å². The van der Waals surface area contributed by atoms with E-state index in [2.05, 4.69) is 28.8 Å². The van der Waals surface area contributed by atoms with Gasteiger partial charge in [-0.25, -0.2) is 0 Å². The molecule has 0 spiro atoms. The van der Waals surface area contributed by atoms with E-state index in [1.807, 2.05) is 30.3 Å². The van der Waals surface area contributed by atoms with Crippen molar-refractivity contribution in [3.63, 3.8) is 0 Å². The number of para-hydroxylation sites is 1. The molecule has 0 amide bonds. The molecule has 0 bridgehead atoms. The van der Waals surface area contributed by atoms with Crippen molar-refractivity contribution in [1.29, 1.82) is 0 Å². The fourth-order valence-electron chi connectivity index (χ4n) is 2.25. The molecule has 0 aliphatic heterocycles. The van der Waals surface area contributed by atoms with Crippen LogP contribution in [0.25, 0.3) is 10.9 Å². The van der Waals surface area contributed by atoms with Gasteiger partial charge in [0.15, 0.2) is 0 Å². The molecule has 1 heterocycles. The van der Waals surface area contributed by atoms with Crippen LogP contribution in [0, 0.1) is 0 Å². The molecule has 0 N–H and O–H groups in total. The van der Waals surface area contributed by atoms with Crippen molar-refractivity contribution in [2.45, 2.75) is 6.54 Å². The lowest BCUT2D eigenvalue weighted by Crippen LogP contribution is -1.99. The maximum Gasteiger partial charge on any atom is 0.118 e. The number of nitrogens with zero attached hydrogens (tertiary/aromatic N) is 1. The molecule has 19 heavy (non-hydrogen) atoms. The summed E-state index contributed by atoms with van der Waals surface area (Å²) in [6.45, 7) is 0.760. The Labute approximate surface area is 117 Å². The summed E-state index contributed by atoms with van der Waals surface area (Å²) in [5, 5.41) is 1.93. The summed E-state index contributed by atoms with van der Waals surface area (Å²) < 4.78 is 7.28. The largest absolute Gasteiger partial charge is 0.497 e. The van der Waals surface area contributed by atoms with Crippen molar-refractivity contribution in [1.82, 2.24) is 4.57 Å². The highest BCUT2D eigenvalue weighted by atomic mass is 35.5. The Morgan fingerprint density at radius 3 is 2.53 bits per heavy atom. The summed E-state index contributed by atoms with van der Waals surface area (Å²) in [6.07, 6.45) is 0. The molecule has 0 radical (unpaired) electrons. The molecular weight excluding hydrogens is 258 g/mol. The van der Waals surface area contributed by atoms with Gasteiger partial charge >= 0.3 is 0 Å². The highest BCUT2D eigenvalue weighted by Crippen LogP contribution is 2.25. The normalized spacial score (nSPS) is 10.8. The molecule has 1 aromatic heterocycles. The highest BCUT2D eigenvalue weighted by molar-refractivity contribution is 6.31. The van der Waals surface area contributed by atoms with Crippen LogP contribution >= 0.6 is 11.6 Å². The Balaban J connectivity index is 1.98. The van der Waals surface area contributed by atoms with Gasteiger partial charge in [-0.1, -0.05) is 41.9 Å². The lowest BCUT2D eigenvalue weighted by Gasteiger charge is -2.08. The van der Waals surface area contributed by atoms with E-state index in [4.69, 9.17) is 16.3 Å². The van der Waals surface area contributed by atoms with E-state index >= 15 is 0 Å².